The van der Waals surface area contributed by atoms with Crippen LogP contribution in [0.3, 0.4) is 0 Å². The molecule has 0 bridgehead atoms. The number of piperazine rings is 1. The second kappa shape index (κ2) is 7.37. The van der Waals surface area contributed by atoms with Gasteiger partial charge in [0.1, 0.15) is 11.6 Å². The smallest absolute Gasteiger partial charge is 0.311 e. The average molecular weight is 393 g/mol. The molecule has 144 valence electrons. The Bertz CT molecular complexity index is 940. The zero-order valence-electron chi connectivity index (χ0n) is 14.6. The highest BCUT2D eigenvalue weighted by molar-refractivity contribution is 7.89. The molecule has 2 N–H and O–H groups in total. The van der Waals surface area contributed by atoms with Gasteiger partial charge in [-0.15, -0.1) is 0 Å². The fourth-order valence-corrected chi connectivity index (χ4v) is 4.26. The summed E-state index contributed by atoms with van der Waals surface area (Å²) in [5, 5.41) is 10.8. The summed E-state index contributed by atoms with van der Waals surface area (Å²) < 4.78 is 32.0. The van der Waals surface area contributed by atoms with Crippen molar-refractivity contribution in [1.82, 2.24) is 9.29 Å². The number of sulfonamides is 1. The maximum Gasteiger partial charge on any atom is 0.311 e. The summed E-state index contributed by atoms with van der Waals surface area (Å²) in [5.74, 6) is 0.908. The molecule has 1 aliphatic rings. The molecule has 1 fully saturated rings. The van der Waals surface area contributed by atoms with Gasteiger partial charge >= 0.3 is 5.69 Å². The molecule has 11 heteroatoms. The lowest BCUT2D eigenvalue weighted by Gasteiger charge is -2.34. The first-order valence-corrected chi connectivity index (χ1v) is 9.57. The molecule has 10 nitrogen and oxygen atoms in total. The number of nitrogens with zero attached hydrogens (tertiary/aromatic N) is 4. The first kappa shape index (κ1) is 18.9. The van der Waals surface area contributed by atoms with Crippen molar-refractivity contribution in [1.29, 1.82) is 0 Å². The second-order valence-corrected chi connectivity index (χ2v) is 7.84. The molecule has 0 radical (unpaired) electrons. The van der Waals surface area contributed by atoms with Crippen LogP contribution in [0.1, 0.15) is 0 Å². The Morgan fingerprint density at radius 2 is 1.74 bits per heavy atom. The SMILES string of the molecule is COc1ccc(S(=O)(=O)N2CCN(c3ccc([N+](=O)[O-])c(N)n3)CC2)cc1. The normalized spacial score (nSPS) is 15.5. The summed E-state index contributed by atoms with van der Waals surface area (Å²) in [6, 6.07) is 9.05. The Morgan fingerprint density at radius 3 is 2.26 bits per heavy atom. The monoisotopic (exact) mass is 393 g/mol. The van der Waals surface area contributed by atoms with E-state index in [1.807, 2.05) is 4.90 Å². The van der Waals surface area contributed by atoms with Gasteiger partial charge in [0.05, 0.1) is 16.9 Å². The standard InChI is InChI=1S/C16H19N5O5S/c1-26-12-2-4-13(5-3-12)27(24,25)20-10-8-19(9-11-20)15-7-6-14(21(22)23)16(17)18-15/h2-7H,8-11H2,1H3,(H2,17,18). The predicted octanol–water partition coefficient (Wildman–Crippen LogP) is 1.09. The van der Waals surface area contributed by atoms with Gasteiger partial charge in [-0.25, -0.2) is 13.4 Å². The van der Waals surface area contributed by atoms with Crippen LogP contribution in [0.4, 0.5) is 17.3 Å². The molecule has 0 atom stereocenters. The molecule has 1 aromatic carbocycles. The third-order valence-corrected chi connectivity index (χ3v) is 6.26. The summed E-state index contributed by atoms with van der Waals surface area (Å²) in [5.41, 5.74) is 5.38. The van der Waals surface area contributed by atoms with Gasteiger partial charge in [0.25, 0.3) is 0 Å². The van der Waals surface area contributed by atoms with E-state index in [2.05, 4.69) is 4.98 Å². The van der Waals surface area contributed by atoms with Crippen LogP contribution in [0, 0.1) is 10.1 Å². The molecule has 2 aromatic rings. The lowest BCUT2D eigenvalue weighted by molar-refractivity contribution is -0.384. The maximum absolute atomic E-state index is 12.8. The molecule has 0 aliphatic carbocycles. The van der Waals surface area contributed by atoms with E-state index in [0.717, 1.165) is 0 Å². The third-order valence-electron chi connectivity index (χ3n) is 4.34. The molecule has 0 spiro atoms. The Morgan fingerprint density at radius 1 is 1.11 bits per heavy atom. The van der Waals surface area contributed by atoms with Crippen LogP contribution in [0.5, 0.6) is 5.75 Å². The number of anilines is 2. The minimum absolute atomic E-state index is 0.161. The summed E-state index contributed by atoms with van der Waals surface area (Å²) in [6.45, 7) is 1.35. The largest absolute Gasteiger partial charge is 0.497 e. The first-order valence-electron chi connectivity index (χ1n) is 8.13. The third kappa shape index (κ3) is 3.78. The average Bonchev–Trinajstić information content (AvgIpc) is 2.67. The number of benzene rings is 1. The van der Waals surface area contributed by atoms with Crippen molar-refractivity contribution in [2.75, 3.05) is 43.9 Å². The number of pyridine rings is 1. The predicted molar refractivity (Wildman–Crippen MR) is 99.3 cm³/mol. The summed E-state index contributed by atoms with van der Waals surface area (Å²) in [4.78, 5) is 16.3. The van der Waals surface area contributed by atoms with E-state index in [1.165, 1.54) is 35.7 Å². The summed E-state index contributed by atoms with van der Waals surface area (Å²) in [6.07, 6.45) is 0. The maximum atomic E-state index is 12.8. The number of nitrogens with two attached hydrogens (primary N) is 1. The van der Waals surface area contributed by atoms with Gasteiger partial charge in [-0.3, -0.25) is 10.1 Å². The van der Waals surface area contributed by atoms with Gasteiger partial charge in [-0.2, -0.15) is 4.31 Å². The molecule has 3 rings (SSSR count). The van der Waals surface area contributed by atoms with Gasteiger partial charge in [-0.05, 0) is 30.3 Å². The molecule has 27 heavy (non-hydrogen) atoms. The van der Waals surface area contributed by atoms with E-state index in [-0.39, 0.29) is 29.5 Å². The molecule has 1 aromatic heterocycles. The zero-order valence-corrected chi connectivity index (χ0v) is 15.4. The summed E-state index contributed by atoms with van der Waals surface area (Å²) in [7, 11) is -2.09. The van der Waals surface area contributed by atoms with Crippen LogP contribution >= 0.6 is 0 Å². The van der Waals surface area contributed by atoms with Crippen LogP contribution < -0.4 is 15.4 Å². The molecule has 0 amide bonds. The first-order chi connectivity index (χ1) is 12.8. The van der Waals surface area contributed by atoms with E-state index < -0.39 is 14.9 Å². The van der Waals surface area contributed by atoms with Gasteiger partial charge < -0.3 is 15.4 Å². The molecular formula is C16H19N5O5S. The Kier molecular flexibility index (Phi) is 5.15. The number of rotatable bonds is 5. The van der Waals surface area contributed by atoms with Crippen molar-refractivity contribution in [2.45, 2.75) is 4.90 Å². The number of aromatic nitrogens is 1. The van der Waals surface area contributed by atoms with Crippen molar-refractivity contribution >= 4 is 27.3 Å². The number of nitro groups is 1. The van der Waals surface area contributed by atoms with E-state index in [4.69, 9.17) is 10.5 Å². The molecule has 1 aliphatic heterocycles. The topological polar surface area (TPSA) is 132 Å². The summed E-state index contributed by atoms with van der Waals surface area (Å²) >= 11 is 0. The highest BCUT2D eigenvalue weighted by Gasteiger charge is 2.29. The quantitative estimate of drug-likeness (QED) is 0.590. The molecule has 1 saturated heterocycles. The number of nitrogen functional groups attached to an aromatic ring is 1. The molecule has 2 heterocycles. The Hall–Kier alpha value is -2.92. The van der Waals surface area contributed by atoms with Gasteiger partial charge in [0.2, 0.25) is 15.8 Å². The highest BCUT2D eigenvalue weighted by atomic mass is 32.2. The number of ether oxygens (including phenoxy) is 1. The van der Waals surface area contributed by atoms with Crippen molar-refractivity contribution in [3.8, 4) is 5.75 Å². The van der Waals surface area contributed by atoms with Crippen LogP contribution in [-0.4, -0.2) is 55.9 Å². The van der Waals surface area contributed by atoms with Crippen molar-refractivity contribution in [3.05, 3.63) is 46.5 Å². The zero-order chi connectivity index (χ0) is 19.6. The van der Waals surface area contributed by atoms with E-state index >= 15 is 0 Å². The molecular weight excluding hydrogens is 374 g/mol. The van der Waals surface area contributed by atoms with Crippen LogP contribution in [0.15, 0.2) is 41.3 Å². The van der Waals surface area contributed by atoms with Gasteiger partial charge in [0, 0.05) is 32.2 Å². The van der Waals surface area contributed by atoms with Crippen LogP contribution in [0.25, 0.3) is 0 Å². The fraction of sp³-hybridized carbons (Fsp3) is 0.312. The number of methoxy groups -OCH3 is 1. The minimum Gasteiger partial charge on any atom is -0.497 e. The van der Waals surface area contributed by atoms with Crippen molar-refractivity contribution < 1.29 is 18.1 Å². The Labute approximate surface area is 156 Å². The van der Waals surface area contributed by atoms with Crippen LogP contribution in [0.2, 0.25) is 0 Å². The number of hydrogen-bond acceptors (Lipinski definition) is 8. The van der Waals surface area contributed by atoms with E-state index in [1.54, 1.807) is 12.1 Å². The van der Waals surface area contributed by atoms with E-state index in [9.17, 15) is 18.5 Å². The van der Waals surface area contributed by atoms with Crippen molar-refractivity contribution in [3.63, 3.8) is 0 Å². The number of hydrogen-bond donors (Lipinski definition) is 1. The lowest BCUT2D eigenvalue weighted by atomic mass is 10.3. The van der Waals surface area contributed by atoms with Gasteiger partial charge in [0.15, 0.2) is 0 Å². The van der Waals surface area contributed by atoms with Crippen molar-refractivity contribution in [2.24, 2.45) is 0 Å². The Balaban J connectivity index is 1.71. The second-order valence-electron chi connectivity index (χ2n) is 5.90. The van der Waals surface area contributed by atoms with Gasteiger partial charge in [-0.1, -0.05) is 0 Å². The van der Waals surface area contributed by atoms with E-state index in [0.29, 0.717) is 24.7 Å². The highest BCUT2D eigenvalue weighted by Crippen LogP contribution is 2.25. The molecule has 0 unspecified atom stereocenters. The van der Waals surface area contributed by atoms with Crippen LogP contribution in [-0.2, 0) is 10.0 Å². The minimum atomic E-state index is -3.60. The fourth-order valence-electron chi connectivity index (χ4n) is 2.84. The molecule has 0 saturated carbocycles. The lowest BCUT2D eigenvalue weighted by Crippen LogP contribution is -2.48.